The van der Waals surface area contributed by atoms with Crippen LogP contribution in [0.4, 0.5) is 0 Å². The number of hydrogen-bond donors (Lipinski definition) is 0. The van der Waals surface area contributed by atoms with E-state index in [1.54, 1.807) is 0 Å². The largest absolute Gasteiger partial charge is 0.309 e. The van der Waals surface area contributed by atoms with Crippen LogP contribution in [0.3, 0.4) is 0 Å². The van der Waals surface area contributed by atoms with Crippen molar-refractivity contribution in [2.45, 2.75) is 13.8 Å². The van der Waals surface area contributed by atoms with Crippen LogP contribution in [-0.2, 0) is 0 Å². The average molecular weight is 438 g/mol. The lowest BCUT2D eigenvalue weighted by molar-refractivity contribution is 1.05. The lowest BCUT2D eigenvalue weighted by Crippen LogP contribution is -1.98. The molecule has 0 bridgehead atoms. The first-order chi connectivity index (χ1) is 16.7. The predicted molar refractivity (Wildman–Crippen MR) is 142 cm³/mol. The lowest BCUT2D eigenvalue weighted by atomic mass is 10.1. The number of pyridine rings is 1. The number of hydrogen-bond acceptors (Lipinski definition) is 1. The number of fused-ring (bicyclic) bond motifs is 6. The van der Waals surface area contributed by atoms with E-state index in [0.29, 0.717) is 0 Å². The normalized spacial score (nSPS) is 11.8. The second-order valence-electron chi connectivity index (χ2n) is 9.07. The molecule has 0 fully saturated rings. The van der Waals surface area contributed by atoms with Crippen LogP contribution in [0.5, 0.6) is 0 Å². The number of aryl methyl sites for hydroxylation is 2. The van der Waals surface area contributed by atoms with E-state index in [4.69, 9.17) is 4.98 Å². The summed E-state index contributed by atoms with van der Waals surface area (Å²) in [5, 5.41) is 4.99. The molecule has 3 aromatic heterocycles. The van der Waals surface area contributed by atoms with Gasteiger partial charge in [-0.3, -0.25) is 4.57 Å². The van der Waals surface area contributed by atoms with Crippen LogP contribution in [0.1, 0.15) is 11.3 Å². The molecule has 0 saturated heterocycles. The van der Waals surface area contributed by atoms with E-state index in [2.05, 4.69) is 113 Å². The fraction of sp³-hybridized carbons (Fsp3) is 0.0645. The van der Waals surface area contributed by atoms with E-state index in [9.17, 15) is 0 Å². The molecule has 4 aromatic carbocycles. The van der Waals surface area contributed by atoms with Crippen LogP contribution >= 0.6 is 0 Å². The summed E-state index contributed by atoms with van der Waals surface area (Å²) in [4.78, 5) is 4.88. The number of para-hydroxylation sites is 2. The third kappa shape index (κ3) is 2.67. The Hall–Kier alpha value is -4.37. The first kappa shape index (κ1) is 19.1. The lowest BCUT2D eigenvalue weighted by Gasteiger charge is -2.09. The molecule has 7 rings (SSSR count). The molecule has 0 aliphatic heterocycles. The Labute approximate surface area is 197 Å². The van der Waals surface area contributed by atoms with E-state index in [0.717, 1.165) is 11.5 Å². The van der Waals surface area contributed by atoms with Crippen LogP contribution in [0, 0.1) is 13.8 Å². The highest BCUT2D eigenvalue weighted by atomic mass is 15.1. The van der Waals surface area contributed by atoms with Crippen molar-refractivity contribution in [3.63, 3.8) is 0 Å². The molecule has 34 heavy (non-hydrogen) atoms. The van der Waals surface area contributed by atoms with E-state index in [-0.39, 0.29) is 0 Å². The van der Waals surface area contributed by atoms with Gasteiger partial charge in [0.1, 0.15) is 5.82 Å². The average Bonchev–Trinajstić information content (AvgIpc) is 3.35. The van der Waals surface area contributed by atoms with Gasteiger partial charge < -0.3 is 4.57 Å². The second-order valence-corrected chi connectivity index (χ2v) is 9.07. The summed E-state index contributed by atoms with van der Waals surface area (Å²) in [6.45, 7) is 4.20. The fourth-order valence-corrected chi connectivity index (χ4v) is 5.38. The molecule has 0 radical (unpaired) electrons. The first-order valence-electron chi connectivity index (χ1n) is 11.7. The van der Waals surface area contributed by atoms with Crippen molar-refractivity contribution >= 4 is 43.6 Å². The molecule has 3 nitrogen and oxygen atoms in total. The summed E-state index contributed by atoms with van der Waals surface area (Å²) in [5.41, 5.74) is 8.26. The second kappa shape index (κ2) is 7.06. The van der Waals surface area contributed by atoms with Gasteiger partial charge in [0.25, 0.3) is 0 Å². The molecule has 0 aliphatic rings. The molecule has 7 aromatic rings. The van der Waals surface area contributed by atoms with Crippen molar-refractivity contribution in [2.24, 2.45) is 0 Å². The minimum atomic E-state index is 0.952. The molecule has 0 aliphatic carbocycles. The molecule has 3 heterocycles. The Morgan fingerprint density at radius 1 is 0.500 bits per heavy atom. The SMILES string of the molecule is Cc1cccc(-n2c3ccccc3c3cc4c(cc32)c2ccccc2n4-c2cccc(C)n2)c1. The topological polar surface area (TPSA) is 22.8 Å². The predicted octanol–water partition coefficient (Wildman–Crippen LogP) is 7.89. The van der Waals surface area contributed by atoms with Gasteiger partial charge in [-0.15, -0.1) is 0 Å². The number of nitrogens with zero attached hydrogens (tertiary/aromatic N) is 3. The molecule has 3 heteroatoms. The summed E-state index contributed by atoms with van der Waals surface area (Å²) in [6.07, 6.45) is 0. The first-order valence-corrected chi connectivity index (χ1v) is 11.7. The molecule has 0 amide bonds. The minimum absolute atomic E-state index is 0.952. The minimum Gasteiger partial charge on any atom is -0.309 e. The third-order valence-electron chi connectivity index (χ3n) is 6.83. The Balaban J connectivity index is 1.68. The van der Waals surface area contributed by atoms with Gasteiger partial charge in [0.05, 0.1) is 22.1 Å². The van der Waals surface area contributed by atoms with Gasteiger partial charge in [-0.05, 0) is 67.9 Å². The van der Waals surface area contributed by atoms with Crippen LogP contribution in [0.2, 0.25) is 0 Å². The van der Waals surface area contributed by atoms with Crippen LogP contribution in [-0.4, -0.2) is 14.1 Å². The van der Waals surface area contributed by atoms with Gasteiger partial charge in [-0.25, -0.2) is 4.98 Å². The highest BCUT2D eigenvalue weighted by molar-refractivity contribution is 6.18. The third-order valence-corrected chi connectivity index (χ3v) is 6.83. The van der Waals surface area contributed by atoms with Crippen molar-refractivity contribution in [1.29, 1.82) is 0 Å². The summed E-state index contributed by atoms with van der Waals surface area (Å²) >= 11 is 0. The van der Waals surface area contributed by atoms with E-state index in [1.165, 1.54) is 54.9 Å². The highest BCUT2D eigenvalue weighted by Gasteiger charge is 2.18. The molecular weight excluding hydrogens is 414 g/mol. The summed E-state index contributed by atoms with van der Waals surface area (Å²) in [7, 11) is 0. The Kier molecular flexibility index (Phi) is 3.97. The summed E-state index contributed by atoms with van der Waals surface area (Å²) in [6, 6.07) is 37.0. The standard InChI is InChI=1S/C31H23N3/c1-20-9-7-11-22(17-20)33-27-14-5-3-12-23(27)25-19-30-26(18-29(25)33)24-13-4-6-15-28(24)34(30)31-16-8-10-21(2)32-31/h3-19H,1-2H3. The summed E-state index contributed by atoms with van der Waals surface area (Å²) in [5.74, 6) is 0.952. The Bertz CT molecular complexity index is 1740. The molecule has 0 unspecified atom stereocenters. The zero-order valence-corrected chi connectivity index (χ0v) is 19.2. The zero-order chi connectivity index (χ0) is 22.8. The van der Waals surface area contributed by atoms with Gasteiger partial charge >= 0.3 is 0 Å². The van der Waals surface area contributed by atoms with Crippen LogP contribution < -0.4 is 0 Å². The van der Waals surface area contributed by atoms with Crippen LogP contribution in [0.15, 0.2) is 103 Å². The van der Waals surface area contributed by atoms with Crippen molar-refractivity contribution in [3.05, 3.63) is 114 Å². The van der Waals surface area contributed by atoms with Gasteiger partial charge in [0.2, 0.25) is 0 Å². The van der Waals surface area contributed by atoms with E-state index in [1.807, 2.05) is 13.0 Å². The van der Waals surface area contributed by atoms with Gasteiger partial charge in [0.15, 0.2) is 0 Å². The highest BCUT2D eigenvalue weighted by Crippen LogP contribution is 2.39. The number of rotatable bonds is 2. The van der Waals surface area contributed by atoms with Crippen molar-refractivity contribution < 1.29 is 0 Å². The van der Waals surface area contributed by atoms with Gasteiger partial charge in [-0.1, -0.05) is 54.6 Å². The maximum atomic E-state index is 4.88. The number of aromatic nitrogens is 3. The molecule has 0 atom stereocenters. The van der Waals surface area contributed by atoms with Crippen molar-refractivity contribution in [2.75, 3.05) is 0 Å². The van der Waals surface area contributed by atoms with E-state index >= 15 is 0 Å². The molecular formula is C31H23N3. The maximum absolute atomic E-state index is 4.88. The van der Waals surface area contributed by atoms with Gasteiger partial charge in [-0.2, -0.15) is 0 Å². The zero-order valence-electron chi connectivity index (χ0n) is 19.2. The maximum Gasteiger partial charge on any atom is 0.137 e. The van der Waals surface area contributed by atoms with Crippen molar-refractivity contribution in [1.82, 2.24) is 14.1 Å². The molecule has 162 valence electrons. The molecule has 0 spiro atoms. The van der Waals surface area contributed by atoms with Crippen molar-refractivity contribution in [3.8, 4) is 11.5 Å². The van der Waals surface area contributed by atoms with Gasteiger partial charge in [0, 0.05) is 32.9 Å². The number of benzene rings is 4. The Morgan fingerprint density at radius 2 is 1.12 bits per heavy atom. The summed E-state index contributed by atoms with van der Waals surface area (Å²) < 4.78 is 4.70. The molecule has 0 N–H and O–H groups in total. The smallest absolute Gasteiger partial charge is 0.137 e. The quantitative estimate of drug-likeness (QED) is 0.270. The molecule has 0 saturated carbocycles. The van der Waals surface area contributed by atoms with E-state index < -0.39 is 0 Å². The monoisotopic (exact) mass is 437 g/mol. The fourth-order valence-electron chi connectivity index (χ4n) is 5.38. The van der Waals surface area contributed by atoms with Crippen LogP contribution in [0.25, 0.3) is 55.1 Å². The Morgan fingerprint density at radius 3 is 1.79 bits per heavy atom.